The van der Waals surface area contributed by atoms with Crippen molar-refractivity contribution in [2.45, 2.75) is 20.5 Å². The van der Waals surface area contributed by atoms with Crippen LogP contribution in [-0.4, -0.2) is 15.3 Å². The number of aliphatic hydroxyl groups excluding tert-OH is 1. The van der Waals surface area contributed by atoms with Gasteiger partial charge in [-0.2, -0.15) is 0 Å². The number of aliphatic hydroxyl groups is 1. The molecule has 1 aromatic carbocycles. The SMILES string of the molecule is Cc1cc(Oc2ccc(CO)nn2)cc(C)c1Br. The molecule has 0 amide bonds. The van der Waals surface area contributed by atoms with Crippen LogP contribution >= 0.6 is 15.9 Å². The molecule has 0 unspecified atom stereocenters. The van der Waals surface area contributed by atoms with Crippen molar-refractivity contribution < 1.29 is 9.84 Å². The van der Waals surface area contributed by atoms with Crippen molar-refractivity contribution >= 4 is 15.9 Å². The van der Waals surface area contributed by atoms with Gasteiger partial charge in [0.15, 0.2) is 0 Å². The van der Waals surface area contributed by atoms with Crippen LogP contribution in [0.1, 0.15) is 16.8 Å². The molecule has 0 aliphatic heterocycles. The fraction of sp³-hybridized carbons (Fsp3) is 0.231. The summed E-state index contributed by atoms with van der Waals surface area (Å²) in [5.41, 5.74) is 2.72. The minimum atomic E-state index is -0.121. The number of ether oxygens (including phenoxy) is 1. The Morgan fingerprint density at radius 2 is 1.83 bits per heavy atom. The summed E-state index contributed by atoms with van der Waals surface area (Å²) in [5, 5.41) is 16.6. The summed E-state index contributed by atoms with van der Waals surface area (Å²) in [4.78, 5) is 0. The van der Waals surface area contributed by atoms with Gasteiger partial charge in [-0.25, -0.2) is 0 Å². The van der Waals surface area contributed by atoms with E-state index in [1.807, 2.05) is 26.0 Å². The lowest BCUT2D eigenvalue weighted by atomic mass is 10.1. The maximum atomic E-state index is 8.87. The zero-order chi connectivity index (χ0) is 13.1. The molecule has 5 heteroatoms. The molecule has 0 fully saturated rings. The molecular weight excluding hydrogens is 296 g/mol. The van der Waals surface area contributed by atoms with Crippen molar-refractivity contribution in [1.29, 1.82) is 0 Å². The number of hydrogen-bond acceptors (Lipinski definition) is 4. The van der Waals surface area contributed by atoms with E-state index < -0.39 is 0 Å². The van der Waals surface area contributed by atoms with Gasteiger partial charge in [-0.3, -0.25) is 0 Å². The summed E-state index contributed by atoms with van der Waals surface area (Å²) in [6.07, 6.45) is 0. The summed E-state index contributed by atoms with van der Waals surface area (Å²) in [5.74, 6) is 1.13. The van der Waals surface area contributed by atoms with Gasteiger partial charge in [-0.05, 0) is 43.2 Å². The number of rotatable bonds is 3. The monoisotopic (exact) mass is 308 g/mol. The van der Waals surface area contributed by atoms with Gasteiger partial charge in [0.1, 0.15) is 5.75 Å². The topological polar surface area (TPSA) is 55.2 Å². The number of hydrogen-bond donors (Lipinski definition) is 1. The first-order chi connectivity index (χ1) is 8.60. The number of nitrogens with zero attached hydrogens (tertiary/aromatic N) is 2. The van der Waals surface area contributed by atoms with Crippen molar-refractivity contribution in [1.82, 2.24) is 10.2 Å². The van der Waals surface area contributed by atoms with E-state index in [1.165, 1.54) is 0 Å². The molecule has 0 aliphatic carbocycles. The van der Waals surface area contributed by atoms with Gasteiger partial charge in [-0.1, -0.05) is 15.9 Å². The first kappa shape index (κ1) is 13.0. The zero-order valence-electron chi connectivity index (χ0n) is 10.1. The standard InChI is InChI=1S/C13H13BrN2O2/c1-8-5-11(6-9(2)13(8)14)18-12-4-3-10(7-17)15-16-12/h3-6,17H,7H2,1-2H3. The third-order valence-electron chi connectivity index (χ3n) is 2.49. The van der Waals surface area contributed by atoms with Gasteiger partial charge in [0.05, 0.1) is 12.3 Å². The van der Waals surface area contributed by atoms with Crippen LogP contribution in [0.25, 0.3) is 0 Å². The Labute approximate surface area is 114 Å². The van der Waals surface area contributed by atoms with Crippen LogP contribution in [0.15, 0.2) is 28.7 Å². The molecule has 0 atom stereocenters. The van der Waals surface area contributed by atoms with Gasteiger partial charge in [0.2, 0.25) is 5.88 Å². The van der Waals surface area contributed by atoms with Crippen LogP contribution < -0.4 is 4.74 Å². The molecular formula is C13H13BrN2O2. The number of aromatic nitrogens is 2. The van der Waals surface area contributed by atoms with E-state index in [9.17, 15) is 0 Å². The Morgan fingerprint density at radius 3 is 2.33 bits per heavy atom. The van der Waals surface area contributed by atoms with Crippen LogP contribution in [0.4, 0.5) is 0 Å². The normalized spacial score (nSPS) is 10.4. The smallest absolute Gasteiger partial charge is 0.238 e. The molecule has 0 spiro atoms. The molecule has 0 aliphatic rings. The Bertz CT molecular complexity index is 532. The summed E-state index contributed by atoms with van der Waals surface area (Å²) >= 11 is 3.51. The molecule has 0 saturated heterocycles. The highest BCUT2D eigenvalue weighted by Gasteiger charge is 2.05. The molecule has 2 rings (SSSR count). The van der Waals surface area contributed by atoms with E-state index in [2.05, 4.69) is 26.1 Å². The maximum Gasteiger partial charge on any atom is 0.238 e. The Hall–Kier alpha value is -1.46. The van der Waals surface area contributed by atoms with E-state index in [0.717, 1.165) is 21.3 Å². The van der Waals surface area contributed by atoms with E-state index >= 15 is 0 Å². The number of benzene rings is 1. The zero-order valence-corrected chi connectivity index (χ0v) is 11.7. The molecule has 94 valence electrons. The second-order valence-corrected chi connectivity index (χ2v) is 4.79. The number of halogens is 1. The van der Waals surface area contributed by atoms with Crippen LogP contribution in [0.2, 0.25) is 0 Å². The molecule has 4 nitrogen and oxygen atoms in total. The van der Waals surface area contributed by atoms with Crippen LogP contribution in [0, 0.1) is 13.8 Å². The van der Waals surface area contributed by atoms with Crippen molar-refractivity contribution in [3.05, 3.63) is 45.6 Å². The van der Waals surface area contributed by atoms with E-state index in [0.29, 0.717) is 11.6 Å². The van der Waals surface area contributed by atoms with Crippen molar-refractivity contribution in [2.75, 3.05) is 0 Å². The lowest BCUT2D eigenvalue weighted by Crippen LogP contribution is -1.95. The Kier molecular flexibility index (Phi) is 3.93. The van der Waals surface area contributed by atoms with Gasteiger partial charge in [-0.15, -0.1) is 10.2 Å². The molecule has 0 bridgehead atoms. The molecule has 2 aromatic rings. The lowest BCUT2D eigenvalue weighted by molar-refractivity contribution is 0.274. The quantitative estimate of drug-likeness (QED) is 0.946. The molecule has 1 heterocycles. The van der Waals surface area contributed by atoms with Gasteiger partial charge in [0.25, 0.3) is 0 Å². The van der Waals surface area contributed by atoms with E-state index in [-0.39, 0.29) is 6.61 Å². The van der Waals surface area contributed by atoms with Crippen LogP contribution in [0.3, 0.4) is 0 Å². The van der Waals surface area contributed by atoms with Crippen LogP contribution in [0.5, 0.6) is 11.6 Å². The first-order valence-electron chi connectivity index (χ1n) is 5.48. The predicted octanol–water partition coefficient (Wildman–Crippen LogP) is 3.14. The summed E-state index contributed by atoms with van der Waals surface area (Å²) < 4.78 is 6.70. The largest absolute Gasteiger partial charge is 0.438 e. The molecule has 18 heavy (non-hydrogen) atoms. The Balaban J connectivity index is 2.23. The highest BCUT2D eigenvalue weighted by Crippen LogP contribution is 2.28. The minimum absolute atomic E-state index is 0.121. The maximum absolute atomic E-state index is 8.87. The van der Waals surface area contributed by atoms with Crippen LogP contribution in [-0.2, 0) is 6.61 Å². The average molecular weight is 309 g/mol. The molecule has 0 saturated carbocycles. The number of aryl methyl sites for hydroxylation is 2. The summed E-state index contributed by atoms with van der Waals surface area (Å²) in [6, 6.07) is 7.23. The van der Waals surface area contributed by atoms with Gasteiger partial charge >= 0.3 is 0 Å². The summed E-state index contributed by atoms with van der Waals surface area (Å²) in [6.45, 7) is 3.89. The van der Waals surface area contributed by atoms with E-state index in [1.54, 1.807) is 12.1 Å². The van der Waals surface area contributed by atoms with E-state index in [4.69, 9.17) is 9.84 Å². The highest BCUT2D eigenvalue weighted by atomic mass is 79.9. The molecule has 0 radical (unpaired) electrons. The fourth-order valence-electron chi connectivity index (χ4n) is 1.57. The molecule has 1 aromatic heterocycles. The third kappa shape index (κ3) is 2.86. The summed E-state index contributed by atoms with van der Waals surface area (Å²) in [7, 11) is 0. The van der Waals surface area contributed by atoms with Crippen molar-refractivity contribution in [3.8, 4) is 11.6 Å². The Morgan fingerprint density at radius 1 is 1.17 bits per heavy atom. The van der Waals surface area contributed by atoms with Gasteiger partial charge in [0, 0.05) is 10.5 Å². The minimum Gasteiger partial charge on any atom is -0.438 e. The second-order valence-electron chi connectivity index (χ2n) is 3.99. The average Bonchev–Trinajstić information content (AvgIpc) is 2.37. The van der Waals surface area contributed by atoms with Crippen molar-refractivity contribution in [3.63, 3.8) is 0 Å². The lowest BCUT2D eigenvalue weighted by Gasteiger charge is -2.08. The second kappa shape index (κ2) is 5.46. The third-order valence-corrected chi connectivity index (χ3v) is 3.74. The van der Waals surface area contributed by atoms with Gasteiger partial charge < -0.3 is 9.84 Å². The highest BCUT2D eigenvalue weighted by molar-refractivity contribution is 9.10. The van der Waals surface area contributed by atoms with Crippen molar-refractivity contribution in [2.24, 2.45) is 0 Å². The molecule has 1 N–H and O–H groups in total. The first-order valence-corrected chi connectivity index (χ1v) is 6.27. The fourth-order valence-corrected chi connectivity index (χ4v) is 1.80. The predicted molar refractivity (Wildman–Crippen MR) is 71.6 cm³/mol.